The van der Waals surface area contributed by atoms with E-state index in [1.54, 1.807) is 48.5 Å². The van der Waals surface area contributed by atoms with E-state index in [0.29, 0.717) is 22.0 Å². The molecule has 34 heavy (non-hydrogen) atoms. The molecule has 0 aliphatic rings. The van der Waals surface area contributed by atoms with Gasteiger partial charge in [-0.25, -0.2) is 9.18 Å². The number of halogens is 2. The summed E-state index contributed by atoms with van der Waals surface area (Å²) >= 11 is 5.90. The molecule has 1 heterocycles. The number of amides is 1. The maximum atomic E-state index is 13.2. The minimum absolute atomic E-state index is 0.0980. The summed E-state index contributed by atoms with van der Waals surface area (Å²) in [7, 11) is 1.33. The maximum absolute atomic E-state index is 13.2. The topological polar surface area (TPSA) is 95.6 Å². The van der Waals surface area contributed by atoms with Crippen LogP contribution in [0.5, 0.6) is 11.8 Å². The van der Waals surface area contributed by atoms with Gasteiger partial charge in [0, 0.05) is 11.1 Å². The number of benzene rings is 3. The number of anilines is 1. The van der Waals surface area contributed by atoms with Crippen molar-refractivity contribution >= 4 is 23.2 Å². The fourth-order valence-corrected chi connectivity index (χ4v) is 3.22. The lowest BCUT2D eigenvalue weighted by Gasteiger charge is -2.14. The average molecular weight is 484 g/mol. The zero-order valence-electron chi connectivity index (χ0n) is 18.0. The maximum Gasteiger partial charge on any atom is 0.444 e. The molecule has 1 aromatic heterocycles. The van der Waals surface area contributed by atoms with E-state index < -0.39 is 5.76 Å². The highest BCUT2D eigenvalue weighted by Crippen LogP contribution is 2.29. The Balaban J connectivity index is 1.59. The van der Waals surface area contributed by atoms with Crippen LogP contribution in [0.15, 0.2) is 75.9 Å². The predicted octanol–water partition coefficient (Wildman–Crippen LogP) is 4.39. The highest BCUT2D eigenvalue weighted by Gasteiger charge is 2.15. The van der Waals surface area contributed by atoms with Crippen molar-refractivity contribution in [3.8, 4) is 17.5 Å². The largest absolute Gasteiger partial charge is 0.487 e. The van der Waals surface area contributed by atoms with Crippen molar-refractivity contribution in [1.29, 1.82) is 0 Å². The summed E-state index contributed by atoms with van der Waals surface area (Å²) in [5.74, 6) is -1.11. The van der Waals surface area contributed by atoms with Crippen molar-refractivity contribution in [2.75, 3.05) is 12.4 Å². The molecule has 1 amide bonds. The summed E-state index contributed by atoms with van der Waals surface area (Å²) in [6.07, 6.45) is -0.0740. The monoisotopic (exact) mass is 483 g/mol. The van der Waals surface area contributed by atoms with Crippen LogP contribution in [0, 0.1) is 5.82 Å². The van der Waals surface area contributed by atoms with Gasteiger partial charge in [-0.05, 0) is 47.5 Å². The molecular formula is C24H19ClFN3O5. The molecule has 0 bridgehead atoms. The summed E-state index contributed by atoms with van der Waals surface area (Å²) < 4.78 is 29.9. The van der Waals surface area contributed by atoms with E-state index in [4.69, 9.17) is 25.5 Å². The quantitative estimate of drug-likeness (QED) is 0.399. The highest BCUT2D eigenvalue weighted by molar-refractivity contribution is 6.30. The van der Waals surface area contributed by atoms with E-state index in [-0.39, 0.29) is 36.6 Å². The van der Waals surface area contributed by atoms with Crippen molar-refractivity contribution in [1.82, 2.24) is 9.78 Å². The number of methoxy groups -OCH3 is 1. The molecule has 0 spiro atoms. The van der Waals surface area contributed by atoms with Gasteiger partial charge in [-0.15, -0.1) is 0 Å². The molecule has 8 nitrogen and oxygen atoms in total. The van der Waals surface area contributed by atoms with Gasteiger partial charge in [0.1, 0.15) is 18.2 Å². The van der Waals surface area contributed by atoms with Crippen LogP contribution in [0.2, 0.25) is 5.02 Å². The van der Waals surface area contributed by atoms with Gasteiger partial charge in [-0.1, -0.05) is 41.0 Å². The SMILES string of the molecule is COc1nn(-c2ccc(NC(=O)Cc3ccc(Cl)cc3)c(OCc3ccc(F)cc3)c2)c(=O)o1. The van der Waals surface area contributed by atoms with Crippen LogP contribution in [0.25, 0.3) is 5.69 Å². The van der Waals surface area contributed by atoms with Crippen LogP contribution in [-0.4, -0.2) is 22.8 Å². The van der Waals surface area contributed by atoms with Crippen LogP contribution in [0.1, 0.15) is 11.1 Å². The minimum Gasteiger partial charge on any atom is -0.487 e. The molecule has 0 aliphatic carbocycles. The van der Waals surface area contributed by atoms with Gasteiger partial charge in [0.2, 0.25) is 5.91 Å². The van der Waals surface area contributed by atoms with Gasteiger partial charge < -0.3 is 19.2 Å². The molecule has 174 valence electrons. The van der Waals surface area contributed by atoms with E-state index in [0.717, 1.165) is 10.2 Å². The molecule has 0 saturated heterocycles. The summed E-state index contributed by atoms with van der Waals surface area (Å²) in [5, 5.41) is 7.34. The molecule has 4 rings (SSSR count). The number of nitrogens with zero attached hydrogens (tertiary/aromatic N) is 2. The molecule has 1 N–H and O–H groups in total. The lowest BCUT2D eigenvalue weighted by molar-refractivity contribution is -0.115. The lowest BCUT2D eigenvalue weighted by atomic mass is 10.1. The second-order valence-electron chi connectivity index (χ2n) is 7.20. The number of hydrogen-bond donors (Lipinski definition) is 1. The number of carbonyl (C=O) groups excluding carboxylic acids is 1. The molecule has 10 heteroatoms. The van der Waals surface area contributed by atoms with Gasteiger partial charge in [0.15, 0.2) is 0 Å². The second-order valence-corrected chi connectivity index (χ2v) is 7.63. The Hall–Kier alpha value is -4.11. The van der Waals surface area contributed by atoms with Gasteiger partial charge in [-0.2, -0.15) is 4.68 Å². The average Bonchev–Trinajstić information content (AvgIpc) is 3.21. The standard InChI is InChI=1S/C24H19ClFN3O5/c1-32-23-28-29(24(31)34-23)19-10-11-20(27-22(30)12-15-2-6-17(25)7-3-15)21(13-19)33-14-16-4-8-18(26)9-5-16/h2-11,13H,12,14H2,1H3,(H,27,30). The molecule has 0 saturated carbocycles. The first-order chi connectivity index (χ1) is 16.4. The molecule has 3 aromatic carbocycles. The lowest BCUT2D eigenvalue weighted by Crippen LogP contribution is -2.17. The molecule has 0 atom stereocenters. The molecule has 0 unspecified atom stereocenters. The Kier molecular flexibility index (Phi) is 6.93. The zero-order valence-corrected chi connectivity index (χ0v) is 18.7. The minimum atomic E-state index is -0.749. The van der Waals surface area contributed by atoms with Crippen molar-refractivity contribution in [3.63, 3.8) is 0 Å². The third-order valence-corrected chi connectivity index (χ3v) is 5.03. The van der Waals surface area contributed by atoms with Crippen LogP contribution >= 0.6 is 11.6 Å². The highest BCUT2D eigenvalue weighted by atomic mass is 35.5. The third kappa shape index (κ3) is 5.62. The molecule has 4 aromatic rings. The van der Waals surface area contributed by atoms with E-state index in [1.165, 1.54) is 25.3 Å². The number of hydrogen-bond acceptors (Lipinski definition) is 6. The Morgan fingerprint density at radius 1 is 1.09 bits per heavy atom. The second kappa shape index (κ2) is 10.2. The van der Waals surface area contributed by atoms with E-state index in [2.05, 4.69) is 10.4 Å². The zero-order chi connectivity index (χ0) is 24.1. The summed E-state index contributed by atoms with van der Waals surface area (Å²) in [4.78, 5) is 24.8. The van der Waals surface area contributed by atoms with Gasteiger partial charge in [-0.3, -0.25) is 4.79 Å². The normalized spacial score (nSPS) is 10.7. The number of nitrogens with one attached hydrogen (secondary N) is 1. The van der Waals surface area contributed by atoms with Crippen molar-refractivity contribution < 1.29 is 23.1 Å². The van der Waals surface area contributed by atoms with Crippen molar-refractivity contribution in [2.45, 2.75) is 13.0 Å². The van der Waals surface area contributed by atoms with Gasteiger partial charge in [0.05, 0.1) is 24.9 Å². The van der Waals surface area contributed by atoms with Crippen LogP contribution in [-0.2, 0) is 17.8 Å². The van der Waals surface area contributed by atoms with E-state index >= 15 is 0 Å². The number of rotatable bonds is 8. The predicted molar refractivity (Wildman–Crippen MR) is 123 cm³/mol. The number of ether oxygens (including phenoxy) is 2. The Bertz CT molecular complexity index is 1350. The summed E-state index contributed by atoms with van der Waals surface area (Å²) in [5.41, 5.74) is 2.22. The fourth-order valence-electron chi connectivity index (χ4n) is 3.10. The van der Waals surface area contributed by atoms with Crippen molar-refractivity contribution in [2.24, 2.45) is 0 Å². The molecule has 0 radical (unpaired) electrons. The molecular weight excluding hydrogens is 465 g/mol. The Morgan fingerprint density at radius 2 is 1.79 bits per heavy atom. The van der Waals surface area contributed by atoms with Crippen LogP contribution in [0.3, 0.4) is 0 Å². The number of carbonyl (C=O) groups is 1. The van der Waals surface area contributed by atoms with Gasteiger partial charge >= 0.3 is 11.8 Å². The smallest absolute Gasteiger partial charge is 0.444 e. The van der Waals surface area contributed by atoms with E-state index in [1.807, 2.05) is 0 Å². The van der Waals surface area contributed by atoms with Crippen LogP contribution < -0.4 is 20.5 Å². The Labute approximate surface area is 198 Å². The molecule has 0 fully saturated rings. The van der Waals surface area contributed by atoms with Crippen LogP contribution in [0.4, 0.5) is 10.1 Å². The molecule has 0 aliphatic heterocycles. The fraction of sp³-hybridized carbons (Fsp3) is 0.125. The first kappa shape index (κ1) is 23.1. The first-order valence-electron chi connectivity index (χ1n) is 10.1. The van der Waals surface area contributed by atoms with Gasteiger partial charge in [0.25, 0.3) is 0 Å². The van der Waals surface area contributed by atoms with Crippen molar-refractivity contribution in [3.05, 3.63) is 99.2 Å². The van der Waals surface area contributed by atoms with E-state index in [9.17, 15) is 14.0 Å². The summed E-state index contributed by atoms with van der Waals surface area (Å²) in [6, 6.07) is 17.5. The first-order valence-corrected chi connectivity index (χ1v) is 10.5. The summed E-state index contributed by atoms with van der Waals surface area (Å²) in [6.45, 7) is 0.0980. The number of aromatic nitrogens is 2. The third-order valence-electron chi connectivity index (χ3n) is 4.77. The Morgan fingerprint density at radius 3 is 2.47 bits per heavy atom.